The van der Waals surface area contributed by atoms with Gasteiger partial charge in [0.1, 0.15) is 0 Å². The van der Waals surface area contributed by atoms with E-state index in [2.05, 4.69) is 17.2 Å². The molecule has 0 aliphatic carbocycles. The van der Waals surface area contributed by atoms with E-state index in [0.717, 1.165) is 0 Å². The molecule has 1 aliphatic rings. The van der Waals surface area contributed by atoms with Crippen LogP contribution in [0.3, 0.4) is 0 Å². The molecule has 3 heteroatoms. The lowest BCUT2D eigenvalue weighted by molar-refractivity contribution is 0.614. The van der Waals surface area contributed by atoms with Crippen molar-refractivity contribution >= 4 is 7.55 Å². The van der Waals surface area contributed by atoms with Crippen LogP contribution in [0.25, 0.3) is 0 Å². The van der Waals surface area contributed by atoms with E-state index in [9.17, 15) is 0 Å². The van der Waals surface area contributed by atoms with Gasteiger partial charge in [-0.25, -0.2) is 0 Å². The van der Waals surface area contributed by atoms with Crippen molar-refractivity contribution in [2.24, 2.45) is 0 Å². The molecule has 0 spiro atoms. The fourth-order valence-electron chi connectivity index (χ4n) is 0.500. The Bertz CT molecular complexity index is 60.7. The van der Waals surface area contributed by atoms with Crippen molar-refractivity contribution in [2.45, 2.75) is 0 Å². The second-order valence-electron chi connectivity index (χ2n) is 2.12. The standard InChI is InChI=1S/C4H10BN2/c1-6(2)5-7-3-4-7/h3-4H2,1-2H3. The second kappa shape index (κ2) is 1.84. The van der Waals surface area contributed by atoms with E-state index in [4.69, 9.17) is 0 Å². The van der Waals surface area contributed by atoms with Crippen LogP contribution >= 0.6 is 0 Å². The molecule has 0 atom stereocenters. The highest BCUT2D eigenvalue weighted by Gasteiger charge is 2.18. The van der Waals surface area contributed by atoms with Crippen LogP contribution in [0.5, 0.6) is 0 Å². The Morgan fingerprint density at radius 2 is 2.00 bits per heavy atom. The first-order chi connectivity index (χ1) is 3.29. The van der Waals surface area contributed by atoms with Crippen LogP contribution in [-0.4, -0.2) is 44.4 Å². The van der Waals surface area contributed by atoms with E-state index in [1.165, 1.54) is 13.1 Å². The summed E-state index contributed by atoms with van der Waals surface area (Å²) < 4.78 is 0. The number of hydrogen-bond acceptors (Lipinski definition) is 2. The largest absolute Gasteiger partial charge is 0.337 e. The zero-order valence-corrected chi connectivity index (χ0v) is 4.89. The van der Waals surface area contributed by atoms with Gasteiger partial charge in [0.05, 0.1) is 0 Å². The lowest BCUT2D eigenvalue weighted by atomic mass is 10.1. The Labute approximate surface area is 45.4 Å². The van der Waals surface area contributed by atoms with Crippen molar-refractivity contribution in [3.05, 3.63) is 0 Å². The minimum absolute atomic E-state index is 1.25. The monoisotopic (exact) mass is 97.1 g/mol. The first kappa shape index (κ1) is 5.13. The molecule has 0 aromatic heterocycles. The highest BCUT2D eigenvalue weighted by Crippen LogP contribution is 1.98. The van der Waals surface area contributed by atoms with Crippen molar-refractivity contribution in [1.82, 2.24) is 9.62 Å². The predicted molar refractivity (Wildman–Crippen MR) is 31.0 cm³/mol. The van der Waals surface area contributed by atoms with E-state index in [-0.39, 0.29) is 0 Å². The Balaban J connectivity index is 1.97. The summed E-state index contributed by atoms with van der Waals surface area (Å²) in [4.78, 5) is 4.31. The van der Waals surface area contributed by atoms with Crippen molar-refractivity contribution in [3.8, 4) is 0 Å². The lowest BCUT2D eigenvalue weighted by Crippen LogP contribution is -2.24. The van der Waals surface area contributed by atoms with Gasteiger partial charge in [0.2, 0.25) is 0 Å². The molecule has 0 aromatic carbocycles. The van der Waals surface area contributed by atoms with E-state index < -0.39 is 0 Å². The summed E-state index contributed by atoms with van der Waals surface area (Å²) >= 11 is 0. The first-order valence-electron chi connectivity index (χ1n) is 2.54. The summed E-state index contributed by atoms with van der Waals surface area (Å²) in [6, 6.07) is 0. The van der Waals surface area contributed by atoms with E-state index in [0.29, 0.717) is 0 Å². The molecule has 0 aromatic rings. The normalized spacial score (nSPS) is 20.4. The summed E-state index contributed by atoms with van der Waals surface area (Å²) in [5.41, 5.74) is 0. The first-order valence-corrected chi connectivity index (χ1v) is 2.54. The molecule has 0 N–H and O–H groups in total. The van der Waals surface area contributed by atoms with Gasteiger partial charge < -0.3 is 9.62 Å². The smallest absolute Gasteiger partial charge is 0.312 e. The summed E-state index contributed by atoms with van der Waals surface area (Å²) in [6.07, 6.45) is 0. The van der Waals surface area contributed by atoms with Crippen molar-refractivity contribution < 1.29 is 0 Å². The van der Waals surface area contributed by atoms with E-state index >= 15 is 0 Å². The van der Waals surface area contributed by atoms with Gasteiger partial charge in [-0.05, 0) is 27.2 Å². The molecule has 1 rings (SSSR count). The lowest BCUT2D eigenvalue weighted by Gasteiger charge is -2.04. The van der Waals surface area contributed by atoms with Gasteiger partial charge in [0.25, 0.3) is 0 Å². The van der Waals surface area contributed by atoms with Gasteiger partial charge in [-0.2, -0.15) is 0 Å². The van der Waals surface area contributed by atoms with Crippen LogP contribution in [0.1, 0.15) is 0 Å². The van der Waals surface area contributed by atoms with Gasteiger partial charge in [-0.15, -0.1) is 0 Å². The van der Waals surface area contributed by atoms with Crippen LogP contribution < -0.4 is 0 Å². The topological polar surface area (TPSA) is 6.25 Å². The average Bonchev–Trinajstić information content (AvgIpc) is 2.17. The van der Waals surface area contributed by atoms with Gasteiger partial charge in [-0.3, -0.25) is 0 Å². The number of rotatable bonds is 2. The maximum Gasteiger partial charge on any atom is 0.312 e. The van der Waals surface area contributed by atoms with Crippen LogP contribution in [0.4, 0.5) is 0 Å². The summed E-state index contributed by atoms with van der Waals surface area (Å²) in [7, 11) is 6.19. The molecular weight excluding hydrogens is 86.9 g/mol. The third kappa shape index (κ3) is 1.95. The predicted octanol–water partition coefficient (Wildman–Crippen LogP) is -0.602. The third-order valence-corrected chi connectivity index (χ3v) is 0.876. The molecule has 2 nitrogen and oxygen atoms in total. The summed E-state index contributed by atoms with van der Waals surface area (Å²) in [6.45, 7) is 2.50. The van der Waals surface area contributed by atoms with Crippen molar-refractivity contribution in [2.75, 3.05) is 27.2 Å². The minimum Gasteiger partial charge on any atom is -0.337 e. The van der Waals surface area contributed by atoms with Gasteiger partial charge in [-0.1, -0.05) is 0 Å². The maximum atomic E-state index is 2.25. The molecule has 0 amide bonds. The fourth-order valence-corrected chi connectivity index (χ4v) is 0.500. The SMILES string of the molecule is CN(C)[B]N1CC1. The molecule has 7 heavy (non-hydrogen) atoms. The Morgan fingerprint density at radius 3 is 2.14 bits per heavy atom. The Hall–Kier alpha value is -0.0151. The third-order valence-electron chi connectivity index (χ3n) is 0.876. The average molecular weight is 97.0 g/mol. The molecule has 1 fully saturated rings. The summed E-state index contributed by atoms with van der Waals surface area (Å²) in [5.74, 6) is 0. The molecule has 1 aliphatic heterocycles. The second-order valence-corrected chi connectivity index (χ2v) is 2.12. The molecule has 0 saturated carbocycles. The molecule has 1 saturated heterocycles. The molecule has 1 heterocycles. The van der Waals surface area contributed by atoms with E-state index in [1.54, 1.807) is 0 Å². The minimum atomic E-state index is 1.25. The Kier molecular flexibility index (Phi) is 1.35. The van der Waals surface area contributed by atoms with Crippen LogP contribution in [-0.2, 0) is 0 Å². The van der Waals surface area contributed by atoms with Crippen molar-refractivity contribution in [1.29, 1.82) is 0 Å². The number of nitrogens with zero attached hydrogens (tertiary/aromatic N) is 2. The maximum absolute atomic E-state index is 2.25. The zero-order chi connectivity index (χ0) is 5.28. The molecule has 0 unspecified atom stereocenters. The fraction of sp³-hybridized carbons (Fsp3) is 1.00. The van der Waals surface area contributed by atoms with Gasteiger partial charge in [0.15, 0.2) is 0 Å². The molecule has 39 valence electrons. The molecular formula is C4H10BN2. The zero-order valence-electron chi connectivity index (χ0n) is 4.89. The van der Waals surface area contributed by atoms with Gasteiger partial charge >= 0.3 is 7.55 Å². The van der Waals surface area contributed by atoms with E-state index in [1.807, 2.05) is 14.1 Å². The van der Waals surface area contributed by atoms with Crippen molar-refractivity contribution in [3.63, 3.8) is 0 Å². The van der Waals surface area contributed by atoms with Gasteiger partial charge in [0, 0.05) is 0 Å². The summed E-state index contributed by atoms with van der Waals surface area (Å²) in [5, 5.41) is 0. The van der Waals surface area contributed by atoms with Crippen LogP contribution in [0.15, 0.2) is 0 Å². The van der Waals surface area contributed by atoms with Crippen LogP contribution in [0.2, 0.25) is 0 Å². The number of hydrogen-bond donors (Lipinski definition) is 0. The molecule has 1 radical (unpaired) electrons. The molecule has 0 bridgehead atoms. The quantitative estimate of drug-likeness (QED) is 0.335. The highest BCUT2D eigenvalue weighted by atomic mass is 15.3. The Morgan fingerprint density at radius 1 is 1.43 bits per heavy atom. The van der Waals surface area contributed by atoms with Crippen LogP contribution in [0, 0.1) is 0 Å². The highest BCUT2D eigenvalue weighted by molar-refractivity contribution is 6.29.